The van der Waals surface area contributed by atoms with Gasteiger partial charge < -0.3 is 60.6 Å². The van der Waals surface area contributed by atoms with Gasteiger partial charge in [-0.1, -0.05) is 26.3 Å². The number of hydrogen-bond donors (Lipinski definition) is 8. The van der Waals surface area contributed by atoms with Crippen molar-refractivity contribution >= 4 is 23.6 Å². The van der Waals surface area contributed by atoms with Gasteiger partial charge in [-0.2, -0.15) is 0 Å². The monoisotopic (exact) mass is 644 g/mol. The number of aliphatic hydroxyl groups is 4. The molecule has 0 fully saturated rings. The van der Waals surface area contributed by atoms with E-state index in [1.54, 1.807) is 0 Å². The standard InChI is InChI=1S/C29H48N4O12/c1-5-25(38)30-9-21(34)13-42-17-29(18-43-14-22(35)10-31-26(39)6-2,19-44-15-23(36)11-32-27(40)7-3)20-45-16-24(37)12-33-28(41)8-4/h5-8,21-24,34-37H,1-4,9-20H2,(H,30,38)(H,31,39)(H,32,40)(H,33,41). The molecule has 0 aromatic carbocycles. The van der Waals surface area contributed by atoms with Crippen LogP contribution in [-0.4, -0.2) is 148 Å². The second kappa shape index (κ2) is 24.8. The summed E-state index contributed by atoms with van der Waals surface area (Å²) in [6, 6.07) is 0. The molecule has 4 unspecified atom stereocenters. The molecule has 16 heteroatoms. The summed E-state index contributed by atoms with van der Waals surface area (Å²) < 4.78 is 22.9. The predicted octanol–water partition coefficient (Wildman–Crippen LogP) is -3.31. The van der Waals surface area contributed by atoms with Crippen LogP contribution in [0.5, 0.6) is 0 Å². The SMILES string of the molecule is C=CC(=O)NCC(O)COCC(COCC(O)CNC(=O)C=C)(COCC(O)CNC(=O)C=C)COCC(O)CNC(=O)C=C. The van der Waals surface area contributed by atoms with Crippen molar-refractivity contribution in [3.8, 4) is 0 Å². The number of rotatable bonds is 28. The third-order valence-electron chi connectivity index (χ3n) is 5.66. The average molecular weight is 645 g/mol. The number of nitrogens with one attached hydrogen (secondary N) is 4. The maximum absolute atomic E-state index is 11.4. The average Bonchev–Trinajstić information content (AvgIpc) is 3.03. The predicted molar refractivity (Wildman–Crippen MR) is 163 cm³/mol. The zero-order valence-corrected chi connectivity index (χ0v) is 25.5. The fraction of sp³-hybridized carbons (Fsp3) is 0.586. The van der Waals surface area contributed by atoms with Gasteiger partial charge in [-0.3, -0.25) is 19.2 Å². The summed E-state index contributed by atoms with van der Waals surface area (Å²) in [4.78, 5) is 45.6. The van der Waals surface area contributed by atoms with Gasteiger partial charge in [0, 0.05) is 26.2 Å². The van der Waals surface area contributed by atoms with Crippen molar-refractivity contribution in [1.82, 2.24) is 21.3 Å². The molecule has 0 saturated carbocycles. The Labute approximate surface area is 263 Å². The van der Waals surface area contributed by atoms with Crippen molar-refractivity contribution in [3.05, 3.63) is 50.6 Å². The van der Waals surface area contributed by atoms with Gasteiger partial charge >= 0.3 is 0 Å². The molecule has 0 saturated heterocycles. The summed E-state index contributed by atoms with van der Waals surface area (Å²) in [5.74, 6) is -1.92. The first-order chi connectivity index (χ1) is 21.4. The minimum atomic E-state index is -1.15. The number of carbonyl (C=O) groups is 4. The van der Waals surface area contributed by atoms with Gasteiger partial charge in [0.15, 0.2) is 0 Å². The highest BCUT2D eigenvalue weighted by atomic mass is 16.5. The van der Waals surface area contributed by atoms with Gasteiger partial charge in [0.25, 0.3) is 0 Å². The summed E-state index contributed by atoms with van der Waals surface area (Å²) in [6.07, 6.45) is -0.143. The van der Waals surface area contributed by atoms with Crippen molar-refractivity contribution < 1.29 is 58.6 Å². The molecule has 45 heavy (non-hydrogen) atoms. The molecule has 0 radical (unpaired) electrons. The van der Waals surface area contributed by atoms with E-state index in [-0.39, 0.29) is 79.0 Å². The molecular weight excluding hydrogens is 596 g/mol. The number of hydrogen-bond acceptors (Lipinski definition) is 12. The molecule has 4 amide bonds. The highest BCUT2D eigenvalue weighted by Gasteiger charge is 2.34. The van der Waals surface area contributed by atoms with Crippen molar-refractivity contribution in [1.29, 1.82) is 0 Å². The van der Waals surface area contributed by atoms with Gasteiger partial charge in [-0.05, 0) is 24.3 Å². The van der Waals surface area contributed by atoms with Crippen LogP contribution in [0.2, 0.25) is 0 Å². The maximum atomic E-state index is 11.4. The first-order valence-electron chi connectivity index (χ1n) is 14.0. The van der Waals surface area contributed by atoms with Crippen molar-refractivity contribution in [3.63, 3.8) is 0 Å². The number of ether oxygens (including phenoxy) is 4. The van der Waals surface area contributed by atoms with Crippen LogP contribution in [0, 0.1) is 5.41 Å². The van der Waals surface area contributed by atoms with Gasteiger partial charge in [-0.25, -0.2) is 0 Å². The molecule has 0 bridgehead atoms. The highest BCUT2D eigenvalue weighted by Crippen LogP contribution is 2.21. The summed E-state index contributed by atoms with van der Waals surface area (Å²) in [6.45, 7) is 11.4. The molecule has 0 heterocycles. The fourth-order valence-corrected chi connectivity index (χ4v) is 3.29. The summed E-state index contributed by atoms with van der Waals surface area (Å²) >= 11 is 0. The van der Waals surface area contributed by atoms with E-state index in [4.69, 9.17) is 18.9 Å². The van der Waals surface area contributed by atoms with E-state index in [1.807, 2.05) is 0 Å². The largest absolute Gasteiger partial charge is 0.389 e. The normalized spacial score (nSPS) is 14.8. The molecule has 0 spiro atoms. The zero-order chi connectivity index (χ0) is 34.1. The van der Waals surface area contributed by atoms with Crippen LogP contribution in [-0.2, 0) is 38.1 Å². The van der Waals surface area contributed by atoms with E-state index in [0.717, 1.165) is 24.3 Å². The third kappa shape index (κ3) is 21.8. The Bertz CT molecular complexity index is 799. The van der Waals surface area contributed by atoms with Crippen molar-refractivity contribution in [2.24, 2.45) is 5.41 Å². The first-order valence-corrected chi connectivity index (χ1v) is 14.0. The summed E-state index contributed by atoms with van der Waals surface area (Å²) in [5.41, 5.74) is -1.15. The molecule has 8 N–H and O–H groups in total. The van der Waals surface area contributed by atoms with E-state index in [2.05, 4.69) is 47.6 Å². The maximum Gasteiger partial charge on any atom is 0.243 e. The second-order valence-corrected chi connectivity index (χ2v) is 9.97. The smallest absolute Gasteiger partial charge is 0.243 e. The van der Waals surface area contributed by atoms with Crippen molar-refractivity contribution in [2.75, 3.05) is 79.0 Å². The van der Waals surface area contributed by atoms with Gasteiger partial charge in [0.2, 0.25) is 23.6 Å². The van der Waals surface area contributed by atoms with Crippen LogP contribution in [0.3, 0.4) is 0 Å². The fourth-order valence-electron chi connectivity index (χ4n) is 3.29. The summed E-state index contributed by atoms with van der Waals surface area (Å²) in [7, 11) is 0. The van der Waals surface area contributed by atoms with E-state index in [1.165, 1.54) is 0 Å². The topological polar surface area (TPSA) is 234 Å². The van der Waals surface area contributed by atoms with Crippen LogP contribution in [0.25, 0.3) is 0 Å². The number of aliphatic hydroxyl groups excluding tert-OH is 4. The molecule has 0 aromatic heterocycles. The van der Waals surface area contributed by atoms with E-state index >= 15 is 0 Å². The van der Waals surface area contributed by atoms with Gasteiger partial charge in [-0.15, -0.1) is 0 Å². The lowest BCUT2D eigenvalue weighted by Gasteiger charge is -2.34. The number of carbonyl (C=O) groups excluding carboxylic acids is 4. The van der Waals surface area contributed by atoms with Gasteiger partial charge in [0.1, 0.15) is 0 Å². The Morgan fingerprint density at radius 1 is 0.489 bits per heavy atom. The molecule has 0 aliphatic rings. The van der Waals surface area contributed by atoms with Crippen LogP contribution in [0.1, 0.15) is 0 Å². The lowest BCUT2D eigenvalue weighted by Crippen LogP contribution is -2.45. The molecule has 16 nitrogen and oxygen atoms in total. The third-order valence-corrected chi connectivity index (χ3v) is 5.66. The minimum absolute atomic E-state index is 0.116. The van der Waals surface area contributed by atoms with Crippen LogP contribution >= 0.6 is 0 Å². The quantitative estimate of drug-likeness (QED) is 0.0391. The molecule has 4 atom stereocenters. The van der Waals surface area contributed by atoms with E-state index < -0.39 is 53.5 Å². The Morgan fingerprint density at radius 2 is 0.689 bits per heavy atom. The highest BCUT2D eigenvalue weighted by molar-refractivity contribution is 5.87. The Morgan fingerprint density at radius 3 is 0.867 bits per heavy atom. The van der Waals surface area contributed by atoms with Crippen molar-refractivity contribution in [2.45, 2.75) is 24.4 Å². The van der Waals surface area contributed by atoms with E-state index in [9.17, 15) is 39.6 Å². The lowest BCUT2D eigenvalue weighted by atomic mass is 9.92. The molecule has 0 rings (SSSR count). The first kappa shape index (κ1) is 41.5. The van der Waals surface area contributed by atoms with Crippen LogP contribution in [0.15, 0.2) is 50.6 Å². The second-order valence-electron chi connectivity index (χ2n) is 9.97. The van der Waals surface area contributed by atoms with Crippen LogP contribution < -0.4 is 21.3 Å². The molecular formula is C29H48N4O12. The molecule has 0 aliphatic heterocycles. The zero-order valence-electron chi connectivity index (χ0n) is 25.5. The van der Waals surface area contributed by atoms with E-state index in [0.29, 0.717) is 0 Å². The Kier molecular flexibility index (Phi) is 22.9. The Hall–Kier alpha value is -3.48. The molecule has 256 valence electrons. The lowest BCUT2D eigenvalue weighted by molar-refractivity contribution is -0.132. The van der Waals surface area contributed by atoms with Gasteiger partial charge in [0.05, 0.1) is 82.7 Å². The van der Waals surface area contributed by atoms with Crippen LogP contribution in [0.4, 0.5) is 0 Å². The molecule has 0 aromatic rings. The molecule has 0 aliphatic carbocycles. The minimum Gasteiger partial charge on any atom is -0.389 e. The number of amides is 4. The summed E-state index contributed by atoms with van der Waals surface area (Å²) in [5, 5.41) is 50.6. The Balaban J connectivity index is 5.59.